The molecule has 0 saturated carbocycles. The summed E-state index contributed by atoms with van der Waals surface area (Å²) in [6.07, 6.45) is 1.69. The fraction of sp³-hybridized carbons (Fsp3) is 0.273. The summed E-state index contributed by atoms with van der Waals surface area (Å²) in [5.74, 6) is 0.743. The number of nitrogen functional groups attached to an aromatic ring is 1. The lowest BCUT2D eigenvalue weighted by Gasteiger charge is -2.11. The van der Waals surface area contributed by atoms with E-state index in [0.717, 1.165) is 11.4 Å². The van der Waals surface area contributed by atoms with Gasteiger partial charge in [-0.1, -0.05) is 11.6 Å². The summed E-state index contributed by atoms with van der Waals surface area (Å²) < 4.78 is 1.96. The van der Waals surface area contributed by atoms with Gasteiger partial charge in [-0.25, -0.2) is 0 Å². The monoisotopic (exact) mass is 236 g/mol. The van der Waals surface area contributed by atoms with E-state index in [0.29, 0.717) is 10.7 Å². The van der Waals surface area contributed by atoms with E-state index >= 15 is 0 Å². The van der Waals surface area contributed by atoms with Gasteiger partial charge in [-0.15, -0.1) is 10.2 Å². The van der Waals surface area contributed by atoms with Gasteiger partial charge < -0.3 is 10.3 Å². The van der Waals surface area contributed by atoms with Gasteiger partial charge in [0, 0.05) is 17.3 Å². The Morgan fingerprint density at radius 3 is 2.81 bits per heavy atom. The average Bonchev–Trinajstić information content (AvgIpc) is 2.70. The second-order valence-electron chi connectivity index (χ2n) is 3.89. The van der Waals surface area contributed by atoms with Gasteiger partial charge in [-0.05, 0) is 32.0 Å². The SMILES string of the molecule is CC(C)n1cnnc1-c1cc(N)ccc1Cl. The Morgan fingerprint density at radius 1 is 1.38 bits per heavy atom. The van der Waals surface area contributed by atoms with Gasteiger partial charge in [0.1, 0.15) is 6.33 Å². The third kappa shape index (κ3) is 1.88. The number of nitrogens with zero attached hydrogens (tertiary/aromatic N) is 3. The number of aromatic nitrogens is 3. The van der Waals surface area contributed by atoms with Crippen LogP contribution in [0.5, 0.6) is 0 Å². The maximum absolute atomic E-state index is 6.13. The van der Waals surface area contributed by atoms with Crippen LogP contribution in [0.1, 0.15) is 19.9 Å². The molecule has 84 valence electrons. The molecule has 4 nitrogen and oxygen atoms in total. The van der Waals surface area contributed by atoms with Gasteiger partial charge >= 0.3 is 0 Å². The van der Waals surface area contributed by atoms with Crippen molar-refractivity contribution >= 4 is 17.3 Å². The van der Waals surface area contributed by atoms with Crippen LogP contribution in [0, 0.1) is 0 Å². The van der Waals surface area contributed by atoms with E-state index in [1.807, 2.05) is 10.6 Å². The van der Waals surface area contributed by atoms with E-state index in [4.69, 9.17) is 17.3 Å². The van der Waals surface area contributed by atoms with Gasteiger partial charge in [0.25, 0.3) is 0 Å². The molecule has 0 unspecified atom stereocenters. The molecule has 1 heterocycles. The molecule has 0 radical (unpaired) electrons. The highest BCUT2D eigenvalue weighted by atomic mass is 35.5. The third-order valence-electron chi connectivity index (χ3n) is 2.36. The van der Waals surface area contributed by atoms with Crippen molar-refractivity contribution in [1.82, 2.24) is 14.8 Å². The molecule has 0 atom stereocenters. The Bertz CT molecular complexity index is 504. The number of benzene rings is 1. The van der Waals surface area contributed by atoms with E-state index in [1.54, 1.807) is 18.5 Å². The van der Waals surface area contributed by atoms with Crippen LogP contribution in [0.3, 0.4) is 0 Å². The van der Waals surface area contributed by atoms with Crippen LogP contribution in [0.25, 0.3) is 11.4 Å². The molecule has 2 aromatic rings. The number of rotatable bonds is 2. The van der Waals surface area contributed by atoms with Crippen molar-refractivity contribution in [2.75, 3.05) is 5.73 Å². The summed E-state index contributed by atoms with van der Waals surface area (Å²) in [4.78, 5) is 0. The Balaban J connectivity index is 2.58. The van der Waals surface area contributed by atoms with Crippen molar-refractivity contribution in [2.24, 2.45) is 0 Å². The number of nitrogens with two attached hydrogens (primary N) is 1. The van der Waals surface area contributed by atoms with Crippen molar-refractivity contribution in [2.45, 2.75) is 19.9 Å². The largest absolute Gasteiger partial charge is 0.399 e. The number of hydrogen-bond donors (Lipinski definition) is 1. The van der Waals surface area contributed by atoms with Crippen LogP contribution in [-0.2, 0) is 0 Å². The van der Waals surface area contributed by atoms with Crippen LogP contribution in [-0.4, -0.2) is 14.8 Å². The first-order valence-electron chi connectivity index (χ1n) is 5.04. The van der Waals surface area contributed by atoms with Crippen molar-refractivity contribution in [1.29, 1.82) is 0 Å². The molecule has 2 N–H and O–H groups in total. The highest BCUT2D eigenvalue weighted by Gasteiger charge is 2.12. The molecule has 16 heavy (non-hydrogen) atoms. The first-order valence-corrected chi connectivity index (χ1v) is 5.42. The molecule has 0 aliphatic heterocycles. The maximum atomic E-state index is 6.13. The normalized spacial score (nSPS) is 11.0. The zero-order valence-corrected chi connectivity index (χ0v) is 9.94. The Kier molecular flexibility index (Phi) is 2.83. The highest BCUT2D eigenvalue weighted by molar-refractivity contribution is 6.33. The van der Waals surface area contributed by atoms with E-state index in [2.05, 4.69) is 24.0 Å². The van der Waals surface area contributed by atoms with E-state index < -0.39 is 0 Å². The third-order valence-corrected chi connectivity index (χ3v) is 2.69. The van der Waals surface area contributed by atoms with Crippen molar-refractivity contribution in [3.8, 4) is 11.4 Å². The molecule has 1 aromatic carbocycles. The summed E-state index contributed by atoms with van der Waals surface area (Å²) in [6, 6.07) is 5.63. The smallest absolute Gasteiger partial charge is 0.165 e. The van der Waals surface area contributed by atoms with Gasteiger partial charge in [-0.2, -0.15) is 0 Å². The molecule has 0 aliphatic rings. The number of halogens is 1. The lowest BCUT2D eigenvalue weighted by Crippen LogP contribution is -2.02. The summed E-state index contributed by atoms with van der Waals surface area (Å²) >= 11 is 6.13. The zero-order valence-electron chi connectivity index (χ0n) is 9.18. The highest BCUT2D eigenvalue weighted by Crippen LogP contribution is 2.29. The standard InChI is InChI=1S/C11H13ClN4/c1-7(2)16-6-14-15-11(16)9-5-8(13)3-4-10(9)12/h3-7H,13H2,1-2H3. The zero-order chi connectivity index (χ0) is 11.7. The van der Waals surface area contributed by atoms with Gasteiger partial charge in [0.05, 0.1) is 5.02 Å². The first-order chi connectivity index (χ1) is 7.59. The fourth-order valence-electron chi connectivity index (χ4n) is 1.53. The summed E-state index contributed by atoms with van der Waals surface area (Å²) in [5.41, 5.74) is 7.22. The number of anilines is 1. The molecule has 0 fully saturated rings. The molecule has 0 amide bonds. The maximum Gasteiger partial charge on any atom is 0.165 e. The molecular formula is C11H13ClN4. The minimum atomic E-state index is 0.280. The van der Waals surface area contributed by atoms with Crippen molar-refractivity contribution < 1.29 is 0 Å². The van der Waals surface area contributed by atoms with E-state index in [-0.39, 0.29) is 6.04 Å². The van der Waals surface area contributed by atoms with Crippen molar-refractivity contribution in [3.63, 3.8) is 0 Å². The van der Waals surface area contributed by atoms with Crippen LogP contribution < -0.4 is 5.73 Å². The summed E-state index contributed by atoms with van der Waals surface area (Å²) in [5, 5.41) is 8.62. The topological polar surface area (TPSA) is 56.7 Å². The molecule has 0 saturated heterocycles. The molecule has 5 heteroatoms. The van der Waals surface area contributed by atoms with Crippen LogP contribution >= 0.6 is 11.6 Å². The van der Waals surface area contributed by atoms with Crippen LogP contribution in [0.15, 0.2) is 24.5 Å². The van der Waals surface area contributed by atoms with E-state index in [1.165, 1.54) is 0 Å². The van der Waals surface area contributed by atoms with Crippen molar-refractivity contribution in [3.05, 3.63) is 29.5 Å². The second-order valence-corrected chi connectivity index (χ2v) is 4.30. The minimum Gasteiger partial charge on any atom is -0.399 e. The molecule has 0 spiro atoms. The minimum absolute atomic E-state index is 0.280. The molecule has 1 aromatic heterocycles. The first kappa shape index (κ1) is 11.0. The van der Waals surface area contributed by atoms with Crippen LogP contribution in [0.2, 0.25) is 5.02 Å². The summed E-state index contributed by atoms with van der Waals surface area (Å²) in [6.45, 7) is 4.13. The molecular weight excluding hydrogens is 224 g/mol. The second kappa shape index (κ2) is 4.14. The van der Waals surface area contributed by atoms with E-state index in [9.17, 15) is 0 Å². The van der Waals surface area contributed by atoms with Gasteiger partial charge in [0.2, 0.25) is 0 Å². The lowest BCUT2D eigenvalue weighted by molar-refractivity contribution is 0.604. The molecule has 2 rings (SSSR count). The Morgan fingerprint density at radius 2 is 2.12 bits per heavy atom. The summed E-state index contributed by atoms with van der Waals surface area (Å²) in [7, 11) is 0. The molecule has 0 bridgehead atoms. The predicted octanol–water partition coefficient (Wildman–Crippen LogP) is 2.76. The predicted molar refractivity (Wildman–Crippen MR) is 65.3 cm³/mol. The fourth-order valence-corrected chi connectivity index (χ4v) is 1.73. The average molecular weight is 237 g/mol. The van der Waals surface area contributed by atoms with Gasteiger partial charge in [0.15, 0.2) is 5.82 Å². The van der Waals surface area contributed by atoms with Gasteiger partial charge in [-0.3, -0.25) is 0 Å². The Labute approximate surface area is 99.1 Å². The Hall–Kier alpha value is -1.55. The van der Waals surface area contributed by atoms with Crippen LogP contribution in [0.4, 0.5) is 5.69 Å². The number of hydrogen-bond acceptors (Lipinski definition) is 3. The molecule has 0 aliphatic carbocycles. The lowest BCUT2D eigenvalue weighted by atomic mass is 10.2. The quantitative estimate of drug-likeness (QED) is 0.816.